The van der Waals surface area contributed by atoms with E-state index in [0.29, 0.717) is 10.8 Å². The van der Waals surface area contributed by atoms with Crippen molar-refractivity contribution in [2.75, 3.05) is 31.5 Å². The molecule has 1 N–H and O–H groups in total. The van der Waals surface area contributed by atoms with Crippen LogP contribution >= 0.6 is 23.8 Å². The number of ether oxygens (including phenoxy) is 1. The molecule has 2 aromatic rings. The zero-order valence-corrected chi connectivity index (χ0v) is 16.1. The molecule has 8 heteroatoms. The zero-order valence-electron chi connectivity index (χ0n) is 14.6. The first kappa shape index (κ1) is 19.8. The summed E-state index contributed by atoms with van der Waals surface area (Å²) in [5.74, 6) is 0.0761. The minimum Gasteiger partial charge on any atom is -0.433 e. The van der Waals surface area contributed by atoms with Gasteiger partial charge < -0.3 is 15.0 Å². The summed E-state index contributed by atoms with van der Waals surface area (Å²) in [6.45, 7) is 1.07. The Morgan fingerprint density at radius 1 is 1.07 bits per heavy atom. The second-order valence-electron chi connectivity index (χ2n) is 6.16. The van der Waals surface area contributed by atoms with E-state index in [9.17, 15) is 8.78 Å². The van der Waals surface area contributed by atoms with Gasteiger partial charge in [0.1, 0.15) is 5.75 Å². The number of nitrogens with one attached hydrogen (secondary N) is 1. The van der Waals surface area contributed by atoms with Crippen molar-refractivity contribution in [3.8, 4) is 5.75 Å². The van der Waals surface area contributed by atoms with Gasteiger partial charge in [-0.15, -0.1) is 0 Å². The SMILES string of the molecule is FC(F)Oc1ccccc1NC(=S)N1CCN(Cc2ccccc2Cl)CC1. The summed E-state index contributed by atoms with van der Waals surface area (Å²) >= 11 is 11.7. The Morgan fingerprint density at radius 3 is 2.44 bits per heavy atom. The van der Waals surface area contributed by atoms with Crippen molar-refractivity contribution >= 4 is 34.6 Å². The van der Waals surface area contributed by atoms with Crippen molar-refractivity contribution in [2.24, 2.45) is 0 Å². The molecule has 0 aromatic heterocycles. The number of thiocarbonyl (C=S) groups is 1. The normalized spacial score (nSPS) is 15.0. The first-order valence-electron chi connectivity index (χ1n) is 8.58. The number of alkyl halides is 2. The Hall–Kier alpha value is -1.96. The molecule has 0 spiro atoms. The Balaban J connectivity index is 1.54. The van der Waals surface area contributed by atoms with E-state index >= 15 is 0 Å². The van der Waals surface area contributed by atoms with Crippen LogP contribution in [0.2, 0.25) is 5.02 Å². The van der Waals surface area contributed by atoms with E-state index in [1.54, 1.807) is 18.2 Å². The molecular formula is C19H20ClF2N3OS. The number of rotatable bonds is 5. The first-order valence-corrected chi connectivity index (χ1v) is 9.37. The highest BCUT2D eigenvalue weighted by molar-refractivity contribution is 7.80. The minimum absolute atomic E-state index is 0.0761. The van der Waals surface area contributed by atoms with E-state index in [2.05, 4.69) is 15.0 Å². The maximum Gasteiger partial charge on any atom is 0.387 e. The average molecular weight is 412 g/mol. The van der Waals surface area contributed by atoms with Crippen molar-refractivity contribution in [3.63, 3.8) is 0 Å². The van der Waals surface area contributed by atoms with Crippen molar-refractivity contribution < 1.29 is 13.5 Å². The lowest BCUT2D eigenvalue weighted by Crippen LogP contribution is -2.49. The molecule has 0 unspecified atom stereocenters. The third kappa shape index (κ3) is 5.51. The van der Waals surface area contributed by atoms with Gasteiger partial charge in [-0.25, -0.2) is 0 Å². The highest BCUT2D eigenvalue weighted by atomic mass is 35.5. The number of para-hydroxylation sites is 2. The minimum atomic E-state index is -2.88. The molecule has 144 valence electrons. The molecule has 0 saturated carbocycles. The maximum absolute atomic E-state index is 12.5. The number of piperazine rings is 1. The quantitative estimate of drug-likeness (QED) is 0.733. The van der Waals surface area contributed by atoms with Crippen molar-refractivity contribution in [2.45, 2.75) is 13.2 Å². The molecule has 0 amide bonds. The van der Waals surface area contributed by atoms with E-state index in [1.807, 2.05) is 29.2 Å². The van der Waals surface area contributed by atoms with E-state index in [4.69, 9.17) is 23.8 Å². The van der Waals surface area contributed by atoms with Gasteiger partial charge in [0, 0.05) is 37.7 Å². The third-order valence-corrected chi connectivity index (χ3v) is 5.08. The van der Waals surface area contributed by atoms with Gasteiger partial charge in [0.15, 0.2) is 5.11 Å². The molecule has 1 aliphatic rings. The Bertz CT molecular complexity index is 785. The van der Waals surface area contributed by atoms with Crippen LogP contribution in [0.15, 0.2) is 48.5 Å². The van der Waals surface area contributed by atoms with Crippen molar-refractivity contribution in [3.05, 3.63) is 59.1 Å². The molecule has 1 saturated heterocycles. The number of hydrogen-bond donors (Lipinski definition) is 1. The molecule has 1 fully saturated rings. The lowest BCUT2D eigenvalue weighted by atomic mass is 10.2. The summed E-state index contributed by atoms with van der Waals surface area (Å²) < 4.78 is 29.6. The van der Waals surface area contributed by atoms with Crippen LogP contribution in [0, 0.1) is 0 Å². The maximum atomic E-state index is 12.5. The number of benzene rings is 2. The third-order valence-electron chi connectivity index (χ3n) is 4.36. The van der Waals surface area contributed by atoms with Gasteiger partial charge in [-0.05, 0) is 36.0 Å². The van der Waals surface area contributed by atoms with Crippen LogP contribution < -0.4 is 10.1 Å². The van der Waals surface area contributed by atoms with Crippen LogP contribution in [-0.2, 0) is 6.54 Å². The standard InChI is InChI=1S/C19H20ClF2N3OS/c20-15-6-2-1-5-14(15)13-24-9-11-25(12-10-24)19(27)23-16-7-3-4-8-17(16)26-18(21)22/h1-8,18H,9-13H2,(H,23,27). The molecule has 0 radical (unpaired) electrons. The summed E-state index contributed by atoms with van der Waals surface area (Å²) in [6, 6.07) is 14.4. The highest BCUT2D eigenvalue weighted by Gasteiger charge is 2.20. The van der Waals surface area contributed by atoms with Crippen LogP contribution in [-0.4, -0.2) is 47.7 Å². The second-order valence-corrected chi connectivity index (χ2v) is 6.95. The molecule has 3 rings (SSSR count). The lowest BCUT2D eigenvalue weighted by Gasteiger charge is -2.36. The van der Waals surface area contributed by atoms with E-state index in [0.717, 1.165) is 43.3 Å². The van der Waals surface area contributed by atoms with E-state index in [1.165, 1.54) is 6.07 Å². The molecule has 2 aromatic carbocycles. The molecule has 0 bridgehead atoms. The summed E-state index contributed by atoms with van der Waals surface area (Å²) in [6.07, 6.45) is 0. The monoisotopic (exact) mass is 411 g/mol. The molecular weight excluding hydrogens is 392 g/mol. The van der Waals surface area contributed by atoms with Gasteiger partial charge in [0.05, 0.1) is 5.69 Å². The van der Waals surface area contributed by atoms with Crippen LogP contribution in [0.3, 0.4) is 0 Å². The topological polar surface area (TPSA) is 27.7 Å². The van der Waals surface area contributed by atoms with Gasteiger partial charge in [-0.1, -0.05) is 41.9 Å². The number of hydrogen-bond acceptors (Lipinski definition) is 3. The number of halogens is 3. The molecule has 4 nitrogen and oxygen atoms in total. The highest BCUT2D eigenvalue weighted by Crippen LogP contribution is 2.26. The smallest absolute Gasteiger partial charge is 0.387 e. The molecule has 1 aliphatic heterocycles. The Kier molecular flexibility index (Phi) is 6.82. The van der Waals surface area contributed by atoms with Gasteiger partial charge in [-0.3, -0.25) is 4.90 Å². The molecule has 27 heavy (non-hydrogen) atoms. The predicted octanol–water partition coefficient (Wildman–Crippen LogP) is 4.46. The zero-order chi connectivity index (χ0) is 19.2. The fraction of sp³-hybridized carbons (Fsp3) is 0.316. The van der Waals surface area contributed by atoms with Gasteiger partial charge in [-0.2, -0.15) is 8.78 Å². The summed E-state index contributed by atoms with van der Waals surface area (Å²) in [5.41, 5.74) is 1.53. The molecule has 0 aliphatic carbocycles. The fourth-order valence-electron chi connectivity index (χ4n) is 2.94. The van der Waals surface area contributed by atoms with Crippen molar-refractivity contribution in [1.82, 2.24) is 9.80 Å². The lowest BCUT2D eigenvalue weighted by molar-refractivity contribution is -0.0493. The second kappa shape index (κ2) is 9.30. The van der Waals surface area contributed by atoms with Crippen LogP contribution in [0.5, 0.6) is 5.75 Å². The van der Waals surface area contributed by atoms with Crippen molar-refractivity contribution in [1.29, 1.82) is 0 Å². The largest absolute Gasteiger partial charge is 0.433 e. The summed E-state index contributed by atoms with van der Waals surface area (Å²) in [5, 5.41) is 4.29. The first-order chi connectivity index (χ1) is 13.0. The number of nitrogens with zero attached hydrogens (tertiary/aromatic N) is 2. The van der Waals surface area contributed by atoms with Crippen LogP contribution in [0.1, 0.15) is 5.56 Å². The van der Waals surface area contributed by atoms with Gasteiger partial charge in [0.2, 0.25) is 0 Å². The average Bonchev–Trinajstić information content (AvgIpc) is 2.65. The van der Waals surface area contributed by atoms with Gasteiger partial charge >= 0.3 is 6.61 Å². The Morgan fingerprint density at radius 2 is 1.74 bits per heavy atom. The van der Waals surface area contributed by atoms with E-state index in [-0.39, 0.29) is 5.75 Å². The van der Waals surface area contributed by atoms with E-state index < -0.39 is 6.61 Å². The molecule has 1 heterocycles. The fourth-order valence-corrected chi connectivity index (χ4v) is 3.43. The molecule has 0 atom stereocenters. The summed E-state index contributed by atoms with van der Waals surface area (Å²) in [7, 11) is 0. The number of anilines is 1. The van der Waals surface area contributed by atoms with Crippen LogP contribution in [0.25, 0.3) is 0 Å². The predicted molar refractivity (Wildman–Crippen MR) is 108 cm³/mol. The van der Waals surface area contributed by atoms with Crippen LogP contribution in [0.4, 0.5) is 14.5 Å². The van der Waals surface area contributed by atoms with Gasteiger partial charge in [0.25, 0.3) is 0 Å². The Labute approximate surface area is 167 Å². The summed E-state index contributed by atoms with van der Waals surface area (Å²) in [4.78, 5) is 4.34.